The van der Waals surface area contributed by atoms with Crippen LogP contribution in [0.4, 0.5) is 5.69 Å². The molecule has 0 bridgehead atoms. The highest BCUT2D eigenvalue weighted by atomic mass is 32.2. The van der Waals surface area contributed by atoms with Crippen LogP contribution in [0.15, 0.2) is 23.1 Å². The number of hydrogen-bond donors (Lipinski definition) is 2. The van der Waals surface area contributed by atoms with Crippen LogP contribution in [-0.2, 0) is 0 Å². The maximum Gasteiger partial charge on any atom is 0.0344 e. The SMILES string of the molecule is Cc1cc(SN)ccc1N. The van der Waals surface area contributed by atoms with E-state index in [-0.39, 0.29) is 0 Å². The lowest BCUT2D eigenvalue weighted by molar-refractivity contribution is 1.36. The molecule has 10 heavy (non-hydrogen) atoms. The Hall–Kier alpha value is -0.670. The van der Waals surface area contributed by atoms with Crippen molar-refractivity contribution in [2.24, 2.45) is 5.14 Å². The lowest BCUT2D eigenvalue weighted by atomic mass is 10.2. The molecule has 0 radical (unpaired) electrons. The van der Waals surface area contributed by atoms with Crippen LogP contribution in [0, 0.1) is 6.92 Å². The van der Waals surface area contributed by atoms with E-state index in [1.165, 1.54) is 11.9 Å². The molecule has 0 heterocycles. The molecular formula is C7H10N2S. The molecule has 1 aromatic carbocycles. The summed E-state index contributed by atoms with van der Waals surface area (Å²) in [6.45, 7) is 1.97. The molecule has 0 saturated heterocycles. The zero-order chi connectivity index (χ0) is 7.56. The van der Waals surface area contributed by atoms with Crippen molar-refractivity contribution in [2.75, 3.05) is 5.73 Å². The van der Waals surface area contributed by atoms with E-state index in [1.807, 2.05) is 25.1 Å². The van der Waals surface area contributed by atoms with Gasteiger partial charge in [0, 0.05) is 10.6 Å². The average molecular weight is 154 g/mol. The summed E-state index contributed by atoms with van der Waals surface area (Å²) in [6, 6.07) is 5.75. The number of benzene rings is 1. The van der Waals surface area contributed by atoms with Gasteiger partial charge in [0.25, 0.3) is 0 Å². The van der Waals surface area contributed by atoms with Crippen LogP contribution in [-0.4, -0.2) is 0 Å². The molecule has 0 aliphatic rings. The van der Waals surface area contributed by atoms with Gasteiger partial charge in [0.05, 0.1) is 0 Å². The lowest BCUT2D eigenvalue weighted by Gasteiger charge is -2.00. The minimum atomic E-state index is 0.817. The predicted octanol–water partition coefficient (Wildman–Crippen LogP) is 1.54. The fraction of sp³-hybridized carbons (Fsp3) is 0.143. The Morgan fingerprint density at radius 3 is 2.60 bits per heavy atom. The number of hydrogen-bond acceptors (Lipinski definition) is 3. The lowest BCUT2D eigenvalue weighted by Crippen LogP contribution is -1.89. The van der Waals surface area contributed by atoms with Crippen LogP contribution < -0.4 is 10.9 Å². The molecule has 4 N–H and O–H groups in total. The van der Waals surface area contributed by atoms with Crippen molar-refractivity contribution >= 4 is 17.6 Å². The van der Waals surface area contributed by atoms with Crippen molar-refractivity contribution in [3.63, 3.8) is 0 Å². The predicted molar refractivity (Wildman–Crippen MR) is 45.6 cm³/mol. The second-order valence-electron chi connectivity index (χ2n) is 2.14. The number of anilines is 1. The molecule has 1 rings (SSSR count). The highest BCUT2D eigenvalue weighted by molar-refractivity contribution is 7.97. The summed E-state index contributed by atoms with van der Waals surface area (Å²) in [5.41, 5.74) is 7.49. The first-order valence-corrected chi connectivity index (χ1v) is 3.85. The van der Waals surface area contributed by atoms with Crippen LogP contribution >= 0.6 is 11.9 Å². The van der Waals surface area contributed by atoms with Crippen molar-refractivity contribution in [1.82, 2.24) is 0 Å². The number of nitrogens with two attached hydrogens (primary N) is 2. The maximum atomic E-state index is 5.59. The second-order valence-corrected chi connectivity index (χ2v) is 2.84. The summed E-state index contributed by atoms with van der Waals surface area (Å²) < 4.78 is 0. The Morgan fingerprint density at radius 1 is 1.40 bits per heavy atom. The van der Waals surface area contributed by atoms with E-state index in [2.05, 4.69) is 0 Å². The fourth-order valence-corrected chi connectivity index (χ4v) is 1.11. The third kappa shape index (κ3) is 1.43. The van der Waals surface area contributed by atoms with E-state index in [0.717, 1.165) is 16.1 Å². The first kappa shape index (κ1) is 7.44. The van der Waals surface area contributed by atoms with Crippen molar-refractivity contribution in [1.29, 1.82) is 0 Å². The zero-order valence-electron chi connectivity index (χ0n) is 5.79. The highest BCUT2D eigenvalue weighted by Gasteiger charge is 1.93. The van der Waals surface area contributed by atoms with Gasteiger partial charge in [0.15, 0.2) is 0 Å². The number of nitrogen functional groups attached to an aromatic ring is 1. The first-order chi connectivity index (χ1) is 4.74. The largest absolute Gasteiger partial charge is 0.399 e. The van der Waals surface area contributed by atoms with Crippen LogP contribution in [0.3, 0.4) is 0 Å². The van der Waals surface area contributed by atoms with Gasteiger partial charge in [-0.05, 0) is 42.6 Å². The topological polar surface area (TPSA) is 52.0 Å². The number of rotatable bonds is 1. The molecule has 0 unspecified atom stereocenters. The van der Waals surface area contributed by atoms with E-state index in [9.17, 15) is 0 Å². The summed E-state index contributed by atoms with van der Waals surface area (Å²) in [7, 11) is 0. The number of aryl methyl sites for hydroxylation is 1. The Labute approximate surface area is 64.7 Å². The molecular weight excluding hydrogens is 144 g/mol. The summed E-state index contributed by atoms with van der Waals surface area (Å²) >= 11 is 1.24. The van der Waals surface area contributed by atoms with Gasteiger partial charge in [-0.1, -0.05) is 0 Å². The van der Waals surface area contributed by atoms with Crippen molar-refractivity contribution in [2.45, 2.75) is 11.8 Å². The first-order valence-electron chi connectivity index (χ1n) is 2.97. The van der Waals surface area contributed by atoms with Crippen molar-refractivity contribution in [3.05, 3.63) is 23.8 Å². The molecule has 3 heteroatoms. The second kappa shape index (κ2) is 2.94. The Kier molecular flexibility index (Phi) is 2.19. The van der Waals surface area contributed by atoms with Gasteiger partial charge in [0.1, 0.15) is 0 Å². The molecule has 0 amide bonds. The molecule has 0 fully saturated rings. The molecule has 0 aliphatic carbocycles. The monoisotopic (exact) mass is 154 g/mol. The standard InChI is InChI=1S/C7H10N2S/c1-5-4-6(10-9)2-3-7(5)8/h2-4H,8-9H2,1H3. The Balaban J connectivity index is 3.04. The summed E-state index contributed by atoms with van der Waals surface area (Å²) in [5.74, 6) is 0. The third-order valence-electron chi connectivity index (χ3n) is 1.38. The molecule has 0 aliphatic heterocycles. The molecule has 0 saturated carbocycles. The molecule has 54 valence electrons. The quantitative estimate of drug-likeness (QED) is 0.476. The van der Waals surface area contributed by atoms with Gasteiger partial charge in [-0.2, -0.15) is 0 Å². The van der Waals surface area contributed by atoms with Gasteiger partial charge in [-0.15, -0.1) is 0 Å². The molecule has 1 aromatic rings. The van der Waals surface area contributed by atoms with E-state index < -0.39 is 0 Å². The van der Waals surface area contributed by atoms with E-state index in [4.69, 9.17) is 10.9 Å². The minimum Gasteiger partial charge on any atom is -0.399 e. The van der Waals surface area contributed by atoms with Gasteiger partial charge in [0.2, 0.25) is 0 Å². The summed E-state index contributed by atoms with van der Waals surface area (Å²) in [5, 5.41) is 5.34. The van der Waals surface area contributed by atoms with E-state index in [0.29, 0.717) is 0 Å². The molecule has 0 aromatic heterocycles. The fourth-order valence-electron chi connectivity index (χ4n) is 0.721. The van der Waals surface area contributed by atoms with Gasteiger partial charge in [-0.3, -0.25) is 5.14 Å². The van der Waals surface area contributed by atoms with Crippen molar-refractivity contribution < 1.29 is 0 Å². The van der Waals surface area contributed by atoms with Crippen LogP contribution in [0.1, 0.15) is 5.56 Å². The van der Waals surface area contributed by atoms with Crippen LogP contribution in [0.5, 0.6) is 0 Å². The van der Waals surface area contributed by atoms with Gasteiger partial charge >= 0.3 is 0 Å². The highest BCUT2D eigenvalue weighted by Crippen LogP contribution is 2.17. The zero-order valence-corrected chi connectivity index (χ0v) is 6.61. The third-order valence-corrected chi connectivity index (χ3v) is 1.90. The molecule has 2 nitrogen and oxygen atoms in total. The molecule has 0 atom stereocenters. The van der Waals surface area contributed by atoms with E-state index >= 15 is 0 Å². The van der Waals surface area contributed by atoms with Gasteiger partial charge < -0.3 is 5.73 Å². The smallest absolute Gasteiger partial charge is 0.0344 e. The Bertz CT molecular complexity index is 235. The summed E-state index contributed by atoms with van der Waals surface area (Å²) in [4.78, 5) is 1.05. The maximum absolute atomic E-state index is 5.59. The average Bonchev–Trinajstić information content (AvgIpc) is 1.95. The van der Waals surface area contributed by atoms with E-state index in [1.54, 1.807) is 0 Å². The summed E-state index contributed by atoms with van der Waals surface area (Å²) in [6.07, 6.45) is 0. The molecule has 0 spiro atoms. The minimum absolute atomic E-state index is 0.817. The van der Waals surface area contributed by atoms with Crippen molar-refractivity contribution in [3.8, 4) is 0 Å². The van der Waals surface area contributed by atoms with Gasteiger partial charge in [-0.25, -0.2) is 0 Å². The van der Waals surface area contributed by atoms with Crippen LogP contribution in [0.2, 0.25) is 0 Å². The Morgan fingerprint density at radius 2 is 2.10 bits per heavy atom. The van der Waals surface area contributed by atoms with Crippen LogP contribution in [0.25, 0.3) is 0 Å². The normalized spacial score (nSPS) is 9.80.